The normalized spacial score (nSPS) is 47.0. The molecule has 7 atom stereocenters. The van der Waals surface area contributed by atoms with Crippen molar-refractivity contribution < 1.29 is 19.4 Å². The van der Waals surface area contributed by atoms with Crippen molar-refractivity contribution in [2.24, 2.45) is 51.8 Å². The van der Waals surface area contributed by atoms with Gasteiger partial charge < -0.3 is 14.6 Å². The predicted molar refractivity (Wildman–Crippen MR) is 115 cm³/mol. The van der Waals surface area contributed by atoms with E-state index in [1.165, 1.54) is 25.7 Å². The van der Waals surface area contributed by atoms with Gasteiger partial charge in [0.05, 0.1) is 12.0 Å². The molecule has 30 heavy (non-hydrogen) atoms. The summed E-state index contributed by atoms with van der Waals surface area (Å²) in [6.45, 7) is 7.77. The second kappa shape index (κ2) is 6.92. The maximum absolute atomic E-state index is 13.3. The van der Waals surface area contributed by atoms with E-state index in [0.29, 0.717) is 30.8 Å². The highest BCUT2D eigenvalue weighted by Crippen LogP contribution is 2.82. The molecule has 4 fully saturated rings. The van der Waals surface area contributed by atoms with Gasteiger partial charge in [0.15, 0.2) is 0 Å². The van der Waals surface area contributed by atoms with Crippen LogP contribution in [0.4, 0.5) is 0 Å². The molecular formula is C26H38O4. The fourth-order valence-electron chi connectivity index (χ4n) is 9.22. The van der Waals surface area contributed by atoms with Gasteiger partial charge in [-0.3, -0.25) is 4.79 Å². The summed E-state index contributed by atoms with van der Waals surface area (Å²) in [5.41, 5.74) is -1.29. The number of ether oxygens (including phenoxy) is 1. The minimum absolute atomic E-state index is 0.135. The number of carboxylic acid groups (broad SMARTS) is 1. The first-order chi connectivity index (χ1) is 14.3. The predicted octanol–water partition coefficient (Wildman–Crippen LogP) is 5.12. The molecule has 4 heteroatoms. The molecule has 0 amide bonds. The summed E-state index contributed by atoms with van der Waals surface area (Å²) in [6, 6.07) is 0. The van der Waals surface area contributed by atoms with Crippen LogP contribution in [0.5, 0.6) is 0 Å². The van der Waals surface area contributed by atoms with Crippen molar-refractivity contribution in [3.63, 3.8) is 0 Å². The summed E-state index contributed by atoms with van der Waals surface area (Å²) < 4.78 is 6.42. The van der Waals surface area contributed by atoms with E-state index in [0.717, 1.165) is 37.7 Å². The largest absolute Gasteiger partial charge is 0.481 e. The third-order valence-corrected chi connectivity index (χ3v) is 10.3. The lowest BCUT2D eigenvalue weighted by molar-refractivity contribution is -0.187. The van der Waals surface area contributed by atoms with Gasteiger partial charge >= 0.3 is 5.97 Å². The molecule has 5 rings (SSSR count). The lowest BCUT2D eigenvalue weighted by Crippen LogP contribution is -2.63. The summed E-state index contributed by atoms with van der Waals surface area (Å²) in [5.74, 6) is 1.36. The molecule has 0 radical (unpaired) electrons. The van der Waals surface area contributed by atoms with Crippen molar-refractivity contribution in [2.45, 2.75) is 72.1 Å². The van der Waals surface area contributed by atoms with E-state index in [9.17, 15) is 14.7 Å². The van der Waals surface area contributed by atoms with E-state index in [2.05, 4.69) is 26.8 Å². The molecule has 0 saturated heterocycles. The van der Waals surface area contributed by atoms with Gasteiger partial charge in [-0.15, -0.1) is 0 Å². The van der Waals surface area contributed by atoms with Gasteiger partial charge in [-0.2, -0.15) is 0 Å². The molecule has 4 nitrogen and oxygen atoms in total. The average Bonchev–Trinajstić information content (AvgIpc) is 3.44. The first-order valence-electron chi connectivity index (χ1n) is 12.3. The van der Waals surface area contributed by atoms with Gasteiger partial charge in [-0.05, 0) is 67.6 Å². The molecule has 1 N–H and O–H groups in total. The molecule has 0 aromatic rings. The number of aliphatic carboxylic acids is 1. The third-order valence-electron chi connectivity index (χ3n) is 10.3. The van der Waals surface area contributed by atoms with Gasteiger partial charge in [0.1, 0.15) is 11.7 Å². The van der Waals surface area contributed by atoms with Crippen LogP contribution in [-0.2, 0) is 14.3 Å². The van der Waals surface area contributed by atoms with E-state index in [1.807, 2.05) is 0 Å². The van der Waals surface area contributed by atoms with E-state index in [4.69, 9.17) is 4.74 Å². The molecule has 166 valence electrons. The highest BCUT2D eigenvalue weighted by Gasteiger charge is 2.84. The Kier molecular flexibility index (Phi) is 4.78. The molecule has 0 aromatic carbocycles. The number of carbonyl (C=O) groups is 2. The number of allylic oxidation sites excluding steroid dienone is 1. The van der Waals surface area contributed by atoms with Crippen LogP contribution in [0.2, 0.25) is 0 Å². The molecule has 0 spiro atoms. The summed E-state index contributed by atoms with van der Waals surface area (Å²) in [7, 11) is 0. The molecule has 4 saturated carbocycles. The Labute approximate surface area is 180 Å². The molecule has 5 aliphatic rings. The first kappa shape index (κ1) is 20.7. The quantitative estimate of drug-likeness (QED) is 0.464. The Morgan fingerprint density at radius 3 is 2.60 bits per heavy atom. The van der Waals surface area contributed by atoms with E-state index >= 15 is 0 Å². The fourth-order valence-corrected chi connectivity index (χ4v) is 9.22. The lowest BCUT2D eigenvalue weighted by atomic mass is 9.43. The second-order valence-electron chi connectivity index (χ2n) is 11.7. The smallest absolute Gasteiger partial charge is 0.315 e. The Balaban J connectivity index is 1.60. The molecule has 0 aromatic heterocycles. The number of fused-ring (bicyclic) bond motifs is 2. The maximum Gasteiger partial charge on any atom is 0.315 e. The number of hydrogen-bond donors (Lipinski definition) is 1. The molecule has 4 bridgehead atoms. The topological polar surface area (TPSA) is 63.6 Å². The SMILES string of the molecule is CC(C)C1=CC2CC3(C=O)C4CCC(C)C4CC2(COCC2CCCC2)C13C(=O)O. The van der Waals surface area contributed by atoms with Crippen LogP contribution >= 0.6 is 0 Å². The van der Waals surface area contributed by atoms with E-state index < -0.39 is 22.2 Å². The van der Waals surface area contributed by atoms with Crippen LogP contribution in [-0.4, -0.2) is 30.6 Å². The van der Waals surface area contributed by atoms with E-state index in [1.54, 1.807) is 0 Å². The summed E-state index contributed by atoms with van der Waals surface area (Å²) in [6.07, 6.45) is 12.1. The Hall–Kier alpha value is -1.16. The first-order valence-corrected chi connectivity index (χ1v) is 12.3. The third kappa shape index (κ3) is 2.27. The number of rotatable bonds is 7. The van der Waals surface area contributed by atoms with Gasteiger partial charge in [-0.1, -0.05) is 51.7 Å². The van der Waals surface area contributed by atoms with Crippen LogP contribution in [0, 0.1) is 51.8 Å². The van der Waals surface area contributed by atoms with Gasteiger partial charge in [0.2, 0.25) is 0 Å². The van der Waals surface area contributed by atoms with Crippen LogP contribution < -0.4 is 0 Å². The monoisotopic (exact) mass is 414 g/mol. The minimum atomic E-state index is -1.08. The molecule has 0 aliphatic heterocycles. The van der Waals surface area contributed by atoms with Crippen LogP contribution in [0.1, 0.15) is 72.1 Å². The Bertz CT molecular complexity index is 765. The summed E-state index contributed by atoms with van der Waals surface area (Å²) >= 11 is 0. The summed E-state index contributed by atoms with van der Waals surface area (Å²) in [4.78, 5) is 26.3. The zero-order chi connectivity index (χ0) is 21.3. The summed E-state index contributed by atoms with van der Waals surface area (Å²) in [5, 5.41) is 10.9. The lowest BCUT2D eigenvalue weighted by Gasteiger charge is -2.58. The molecule has 5 aliphatic carbocycles. The second-order valence-corrected chi connectivity index (χ2v) is 11.7. The highest BCUT2D eigenvalue weighted by molar-refractivity contribution is 5.90. The van der Waals surface area contributed by atoms with Gasteiger partial charge in [-0.25, -0.2) is 0 Å². The van der Waals surface area contributed by atoms with Crippen molar-refractivity contribution in [1.29, 1.82) is 0 Å². The highest BCUT2D eigenvalue weighted by atomic mass is 16.5. The van der Waals surface area contributed by atoms with Gasteiger partial charge in [0.25, 0.3) is 0 Å². The number of carbonyl (C=O) groups excluding carboxylic acids is 1. The van der Waals surface area contributed by atoms with Crippen molar-refractivity contribution in [2.75, 3.05) is 13.2 Å². The standard InChI is InChI=1S/C26H38O4/c1-16(2)22-10-19-11-24(14-27)21-9-8-17(3)20(21)12-25(19,26(22,24)23(28)29)15-30-13-18-6-4-5-7-18/h10,14,16-21H,4-9,11-13,15H2,1-3H3,(H,28,29). The van der Waals surface area contributed by atoms with Gasteiger partial charge in [0, 0.05) is 12.0 Å². The molecule has 7 unspecified atom stereocenters. The average molecular weight is 415 g/mol. The Morgan fingerprint density at radius 2 is 1.97 bits per heavy atom. The zero-order valence-corrected chi connectivity index (χ0v) is 18.9. The minimum Gasteiger partial charge on any atom is -0.481 e. The van der Waals surface area contributed by atoms with Crippen molar-refractivity contribution >= 4 is 12.3 Å². The molecule has 0 heterocycles. The van der Waals surface area contributed by atoms with Crippen LogP contribution in [0.25, 0.3) is 0 Å². The van der Waals surface area contributed by atoms with E-state index in [-0.39, 0.29) is 17.8 Å². The van der Waals surface area contributed by atoms with Crippen LogP contribution in [0.3, 0.4) is 0 Å². The zero-order valence-electron chi connectivity index (χ0n) is 18.9. The van der Waals surface area contributed by atoms with Crippen LogP contribution in [0.15, 0.2) is 11.6 Å². The fraction of sp³-hybridized carbons (Fsp3) is 0.846. The van der Waals surface area contributed by atoms with Crippen molar-refractivity contribution in [1.82, 2.24) is 0 Å². The van der Waals surface area contributed by atoms with Crippen molar-refractivity contribution in [3.05, 3.63) is 11.6 Å². The number of aldehydes is 1. The van der Waals surface area contributed by atoms with Crippen molar-refractivity contribution in [3.8, 4) is 0 Å². The maximum atomic E-state index is 13.3. The molecular weight excluding hydrogens is 376 g/mol. The Morgan fingerprint density at radius 1 is 1.23 bits per heavy atom. The number of carboxylic acids is 1. The number of hydrogen-bond acceptors (Lipinski definition) is 3.